The highest BCUT2D eigenvalue weighted by molar-refractivity contribution is 7.89. The molecule has 0 amide bonds. The first-order valence-corrected chi connectivity index (χ1v) is 7.09. The van der Waals surface area contributed by atoms with E-state index in [1.54, 1.807) is 20.9 Å². The minimum atomic E-state index is -3.63. The van der Waals surface area contributed by atoms with Crippen molar-refractivity contribution in [1.29, 1.82) is 0 Å². The van der Waals surface area contributed by atoms with Crippen LogP contribution >= 0.6 is 0 Å². The van der Waals surface area contributed by atoms with Gasteiger partial charge >= 0.3 is 0 Å². The van der Waals surface area contributed by atoms with E-state index in [2.05, 4.69) is 9.82 Å². The lowest BCUT2D eigenvalue weighted by Crippen LogP contribution is -2.39. The SMILES string of the molecule is Cc1c(S(=O)(=O)NC(C)CN(C)C)c(N)nn1C. The molecule has 0 bridgehead atoms. The molecular formula is C10H21N5O2S. The van der Waals surface area contributed by atoms with Crippen LogP contribution in [0.15, 0.2) is 4.90 Å². The highest BCUT2D eigenvalue weighted by Gasteiger charge is 2.26. The molecule has 7 nitrogen and oxygen atoms in total. The first-order valence-electron chi connectivity index (χ1n) is 5.61. The van der Waals surface area contributed by atoms with Crippen LogP contribution in [0.25, 0.3) is 0 Å². The average Bonchev–Trinajstić information content (AvgIpc) is 2.37. The van der Waals surface area contributed by atoms with Gasteiger partial charge in [-0.15, -0.1) is 0 Å². The number of hydrogen-bond acceptors (Lipinski definition) is 5. The van der Waals surface area contributed by atoms with Crippen molar-refractivity contribution in [3.05, 3.63) is 5.69 Å². The van der Waals surface area contributed by atoms with Crippen LogP contribution in [0.2, 0.25) is 0 Å². The minimum Gasteiger partial charge on any atom is -0.381 e. The Morgan fingerprint density at radius 2 is 2.06 bits per heavy atom. The van der Waals surface area contributed by atoms with Gasteiger partial charge in [0.15, 0.2) is 5.82 Å². The van der Waals surface area contributed by atoms with Crippen LogP contribution in [0.5, 0.6) is 0 Å². The van der Waals surface area contributed by atoms with E-state index in [9.17, 15) is 8.42 Å². The van der Waals surface area contributed by atoms with Gasteiger partial charge in [-0.3, -0.25) is 4.68 Å². The summed E-state index contributed by atoms with van der Waals surface area (Å²) in [5, 5.41) is 3.91. The lowest BCUT2D eigenvalue weighted by Gasteiger charge is -2.18. The van der Waals surface area contributed by atoms with E-state index in [0.29, 0.717) is 12.2 Å². The summed E-state index contributed by atoms with van der Waals surface area (Å²) in [6.07, 6.45) is 0. The van der Waals surface area contributed by atoms with E-state index in [-0.39, 0.29) is 16.8 Å². The van der Waals surface area contributed by atoms with Gasteiger partial charge in [-0.2, -0.15) is 5.10 Å². The Morgan fingerprint density at radius 1 is 1.50 bits per heavy atom. The maximum Gasteiger partial charge on any atom is 0.246 e. The smallest absolute Gasteiger partial charge is 0.246 e. The second kappa shape index (κ2) is 5.25. The van der Waals surface area contributed by atoms with Crippen molar-refractivity contribution in [2.75, 3.05) is 26.4 Å². The zero-order chi connectivity index (χ0) is 14.1. The first kappa shape index (κ1) is 14.9. The van der Waals surface area contributed by atoms with Crippen LogP contribution in [-0.4, -0.2) is 49.8 Å². The molecule has 0 aromatic carbocycles. The third-order valence-electron chi connectivity index (χ3n) is 2.57. The normalized spacial score (nSPS) is 14.1. The lowest BCUT2D eigenvalue weighted by molar-refractivity contribution is 0.370. The van der Waals surface area contributed by atoms with Crippen LogP contribution in [0.4, 0.5) is 5.82 Å². The molecule has 0 saturated heterocycles. The van der Waals surface area contributed by atoms with Gasteiger partial charge < -0.3 is 10.6 Å². The fourth-order valence-corrected chi connectivity index (χ4v) is 3.41. The van der Waals surface area contributed by atoms with Crippen molar-refractivity contribution < 1.29 is 8.42 Å². The Labute approximate surface area is 108 Å². The molecule has 1 aromatic heterocycles. The highest BCUT2D eigenvalue weighted by atomic mass is 32.2. The van der Waals surface area contributed by atoms with Crippen LogP contribution < -0.4 is 10.5 Å². The third-order valence-corrected chi connectivity index (χ3v) is 4.32. The molecule has 0 spiro atoms. The minimum absolute atomic E-state index is 0.0274. The molecular weight excluding hydrogens is 254 g/mol. The van der Waals surface area contributed by atoms with E-state index < -0.39 is 10.0 Å². The summed E-state index contributed by atoms with van der Waals surface area (Å²) in [7, 11) is 1.80. The van der Waals surface area contributed by atoms with Gasteiger partial charge in [0.25, 0.3) is 0 Å². The molecule has 1 rings (SSSR count). The van der Waals surface area contributed by atoms with E-state index >= 15 is 0 Å². The van der Waals surface area contributed by atoms with Gasteiger partial charge in [0, 0.05) is 19.6 Å². The third kappa shape index (κ3) is 3.21. The number of anilines is 1. The maximum absolute atomic E-state index is 12.2. The van der Waals surface area contributed by atoms with Gasteiger partial charge in [-0.1, -0.05) is 0 Å². The van der Waals surface area contributed by atoms with E-state index in [1.807, 2.05) is 19.0 Å². The van der Waals surface area contributed by atoms with E-state index in [1.165, 1.54) is 4.68 Å². The molecule has 0 aliphatic heterocycles. The number of aromatic nitrogens is 2. The molecule has 1 heterocycles. The largest absolute Gasteiger partial charge is 0.381 e. The number of nitrogen functional groups attached to an aromatic ring is 1. The summed E-state index contributed by atoms with van der Waals surface area (Å²) in [6.45, 7) is 4.09. The zero-order valence-electron chi connectivity index (χ0n) is 11.4. The van der Waals surface area contributed by atoms with Crippen LogP contribution in [0.1, 0.15) is 12.6 Å². The van der Waals surface area contributed by atoms with Crippen molar-refractivity contribution in [2.24, 2.45) is 7.05 Å². The quantitative estimate of drug-likeness (QED) is 0.758. The molecule has 0 fully saturated rings. The fraction of sp³-hybridized carbons (Fsp3) is 0.700. The Morgan fingerprint density at radius 3 is 2.44 bits per heavy atom. The van der Waals surface area contributed by atoms with E-state index in [4.69, 9.17) is 5.73 Å². The molecule has 0 radical (unpaired) electrons. The predicted octanol–water partition coefficient (Wildman–Crippen LogP) is -0.461. The van der Waals surface area contributed by atoms with Crippen molar-refractivity contribution >= 4 is 15.8 Å². The van der Waals surface area contributed by atoms with Crippen molar-refractivity contribution in [1.82, 2.24) is 19.4 Å². The number of aryl methyl sites for hydroxylation is 1. The van der Waals surface area contributed by atoms with Crippen molar-refractivity contribution in [3.63, 3.8) is 0 Å². The molecule has 1 atom stereocenters. The number of hydrogen-bond donors (Lipinski definition) is 2. The standard InChI is InChI=1S/C10H21N5O2S/c1-7(6-14(3)4)13-18(16,17)9-8(2)15(5)12-10(9)11/h7,13H,6H2,1-5H3,(H2,11,12). The second-order valence-electron chi connectivity index (χ2n) is 4.71. The topological polar surface area (TPSA) is 93.2 Å². The summed E-state index contributed by atoms with van der Waals surface area (Å²) < 4.78 is 28.5. The summed E-state index contributed by atoms with van der Waals surface area (Å²) in [5.74, 6) is 0.0274. The fourth-order valence-electron chi connectivity index (χ4n) is 1.86. The van der Waals surface area contributed by atoms with Gasteiger partial charge in [0.1, 0.15) is 4.90 Å². The summed E-state index contributed by atoms with van der Waals surface area (Å²) in [5.41, 5.74) is 6.17. The van der Waals surface area contributed by atoms with Crippen molar-refractivity contribution in [3.8, 4) is 0 Å². The summed E-state index contributed by atoms with van der Waals surface area (Å²) in [4.78, 5) is 1.97. The molecule has 1 aromatic rings. The van der Waals surface area contributed by atoms with Gasteiger partial charge in [0.05, 0.1) is 5.69 Å². The molecule has 0 aliphatic rings. The lowest BCUT2D eigenvalue weighted by atomic mass is 10.3. The summed E-state index contributed by atoms with van der Waals surface area (Å²) >= 11 is 0. The van der Waals surface area contributed by atoms with E-state index in [0.717, 1.165) is 0 Å². The number of rotatable bonds is 5. The van der Waals surface area contributed by atoms with Crippen LogP contribution in [-0.2, 0) is 17.1 Å². The number of nitrogens with two attached hydrogens (primary N) is 1. The van der Waals surface area contributed by atoms with Crippen molar-refractivity contribution in [2.45, 2.75) is 24.8 Å². The Balaban J connectivity index is 3.00. The van der Waals surface area contributed by atoms with Gasteiger partial charge in [-0.25, -0.2) is 13.1 Å². The molecule has 8 heteroatoms. The number of nitrogens with zero attached hydrogens (tertiary/aromatic N) is 3. The molecule has 1 unspecified atom stereocenters. The maximum atomic E-state index is 12.2. The Bertz CT molecular complexity index is 521. The Kier molecular flexibility index (Phi) is 4.36. The number of nitrogens with one attached hydrogen (secondary N) is 1. The van der Waals surface area contributed by atoms with Gasteiger partial charge in [-0.05, 0) is 27.9 Å². The van der Waals surface area contributed by atoms with Crippen LogP contribution in [0.3, 0.4) is 0 Å². The number of likely N-dealkylation sites (N-methyl/N-ethyl adjacent to an activating group) is 1. The molecule has 18 heavy (non-hydrogen) atoms. The summed E-state index contributed by atoms with van der Waals surface area (Å²) in [6, 6.07) is -0.205. The molecule has 3 N–H and O–H groups in total. The first-order chi connectivity index (χ1) is 8.15. The average molecular weight is 275 g/mol. The molecule has 0 aliphatic carbocycles. The van der Waals surface area contributed by atoms with Gasteiger partial charge in [0.2, 0.25) is 10.0 Å². The zero-order valence-corrected chi connectivity index (χ0v) is 12.2. The second-order valence-corrected chi connectivity index (χ2v) is 6.36. The monoisotopic (exact) mass is 275 g/mol. The van der Waals surface area contributed by atoms with Crippen LogP contribution in [0, 0.1) is 6.92 Å². The highest BCUT2D eigenvalue weighted by Crippen LogP contribution is 2.21. The molecule has 0 saturated carbocycles. The predicted molar refractivity (Wildman–Crippen MR) is 70.7 cm³/mol. The number of sulfonamides is 1. The molecule has 104 valence electrons. The Hall–Kier alpha value is -1.12.